The molecule has 0 N–H and O–H groups in total. The van der Waals surface area contributed by atoms with Crippen LogP contribution in [0.4, 0.5) is 0 Å². The maximum atomic E-state index is 5.70. The van der Waals surface area contributed by atoms with Crippen molar-refractivity contribution in [3.63, 3.8) is 0 Å². The average Bonchev–Trinajstić information content (AvgIpc) is 2.77. The molecule has 2 aliphatic rings. The Morgan fingerprint density at radius 2 is 1.10 bits per heavy atom. The zero-order chi connectivity index (χ0) is 20.3. The molecule has 0 heterocycles. The summed E-state index contributed by atoms with van der Waals surface area (Å²) < 4.78 is 5.70. The highest BCUT2D eigenvalue weighted by molar-refractivity contribution is 5.27. The molecule has 0 saturated heterocycles. The SMILES string of the molecule is CCCOc1ccc(CCC2CCC(CCC3CCC(CCC)CC3)CC2)cc1. The first-order valence-corrected chi connectivity index (χ1v) is 13.0. The number of hydrogen-bond acceptors (Lipinski definition) is 1. The van der Waals surface area contributed by atoms with E-state index in [9.17, 15) is 0 Å². The number of ether oxygens (including phenoxy) is 1. The lowest BCUT2D eigenvalue weighted by molar-refractivity contribution is 0.209. The zero-order valence-corrected chi connectivity index (χ0v) is 19.3. The van der Waals surface area contributed by atoms with Crippen molar-refractivity contribution in [1.29, 1.82) is 0 Å². The quantitative estimate of drug-likeness (QED) is 0.362. The molecule has 2 fully saturated rings. The topological polar surface area (TPSA) is 9.23 Å². The van der Waals surface area contributed by atoms with Crippen molar-refractivity contribution < 1.29 is 4.74 Å². The van der Waals surface area contributed by atoms with Crippen LogP contribution < -0.4 is 4.74 Å². The molecule has 29 heavy (non-hydrogen) atoms. The van der Waals surface area contributed by atoms with Crippen LogP contribution in [0.5, 0.6) is 5.75 Å². The summed E-state index contributed by atoms with van der Waals surface area (Å²) in [6.07, 6.45) is 21.7. The van der Waals surface area contributed by atoms with Crippen LogP contribution >= 0.6 is 0 Å². The molecule has 0 amide bonds. The number of aryl methyl sites for hydroxylation is 1. The normalized spacial score (nSPS) is 27.7. The smallest absolute Gasteiger partial charge is 0.119 e. The summed E-state index contributed by atoms with van der Waals surface area (Å²) in [5.41, 5.74) is 1.48. The minimum absolute atomic E-state index is 0.822. The molecule has 0 bridgehead atoms. The highest BCUT2D eigenvalue weighted by atomic mass is 16.5. The van der Waals surface area contributed by atoms with Crippen LogP contribution in [-0.2, 0) is 6.42 Å². The molecule has 0 aromatic heterocycles. The molecule has 1 aromatic carbocycles. The first-order chi connectivity index (χ1) is 14.3. The number of hydrogen-bond donors (Lipinski definition) is 0. The molecule has 1 aromatic rings. The van der Waals surface area contributed by atoms with Gasteiger partial charge in [0.25, 0.3) is 0 Å². The van der Waals surface area contributed by atoms with E-state index in [1.54, 1.807) is 0 Å². The van der Waals surface area contributed by atoms with E-state index >= 15 is 0 Å². The summed E-state index contributed by atoms with van der Waals surface area (Å²) in [5.74, 6) is 5.15. The molecular formula is C28H46O. The molecule has 2 saturated carbocycles. The molecular weight excluding hydrogens is 352 g/mol. The van der Waals surface area contributed by atoms with Crippen molar-refractivity contribution in [3.8, 4) is 5.75 Å². The van der Waals surface area contributed by atoms with Crippen LogP contribution in [0.15, 0.2) is 24.3 Å². The monoisotopic (exact) mass is 398 g/mol. The molecule has 0 radical (unpaired) electrons. The maximum Gasteiger partial charge on any atom is 0.119 e. The van der Waals surface area contributed by atoms with E-state index in [0.717, 1.165) is 42.4 Å². The van der Waals surface area contributed by atoms with E-state index < -0.39 is 0 Å². The van der Waals surface area contributed by atoms with Crippen molar-refractivity contribution in [1.82, 2.24) is 0 Å². The summed E-state index contributed by atoms with van der Waals surface area (Å²) >= 11 is 0. The van der Waals surface area contributed by atoms with E-state index in [-0.39, 0.29) is 0 Å². The van der Waals surface area contributed by atoms with Crippen LogP contribution in [0.25, 0.3) is 0 Å². The van der Waals surface area contributed by atoms with Crippen LogP contribution in [0.2, 0.25) is 0 Å². The summed E-state index contributed by atoms with van der Waals surface area (Å²) in [5, 5.41) is 0. The Morgan fingerprint density at radius 3 is 1.59 bits per heavy atom. The Labute approximate surface area is 181 Å². The summed E-state index contributed by atoms with van der Waals surface area (Å²) in [4.78, 5) is 0. The number of benzene rings is 1. The van der Waals surface area contributed by atoms with Gasteiger partial charge in [-0.25, -0.2) is 0 Å². The van der Waals surface area contributed by atoms with Crippen molar-refractivity contribution in [2.75, 3.05) is 6.61 Å². The van der Waals surface area contributed by atoms with Crippen LogP contribution in [0, 0.1) is 23.7 Å². The minimum atomic E-state index is 0.822. The molecule has 0 aliphatic heterocycles. The second-order valence-corrected chi connectivity index (χ2v) is 10.2. The highest BCUT2D eigenvalue weighted by Gasteiger charge is 2.24. The molecule has 2 aliphatic carbocycles. The fourth-order valence-corrected chi connectivity index (χ4v) is 5.84. The standard InChI is InChI=1S/C28H46O/c1-3-5-23-6-8-24(9-7-23)10-11-25-12-14-26(15-13-25)16-17-27-18-20-28(21-19-27)29-22-4-2/h18-21,23-26H,3-17,22H2,1-2H3. The van der Waals surface area contributed by atoms with E-state index in [1.807, 2.05) is 0 Å². The average molecular weight is 399 g/mol. The fraction of sp³-hybridized carbons (Fsp3) is 0.786. The van der Waals surface area contributed by atoms with E-state index in [1.165, 1.54) is 95.5 Å². The molecule has 1 nitrogen and oxygen atoms in total. The van der Waals surface area contributed by atoms with Gasteiger partial charge >= 0.3 is 0 Å². The molecule has 0 spiro atoms. The van der Waals surface area contributed by atoms with Crippen LogP contribution in [-0.4, -0.2) is 6.61 Å². The van der Waals surface area contributed by atoms with Crippen LogP contribution in [0.3, 0.4) is 0 Å². The van der Waals surface area contributed by atoms with Crippen molar-refractivity contribution >= 4 is 0 Å². The molecule has 3 rings (SSSR count). The molecule has 164 valence electrons. The Morgan fingerprint density at radius 1 is 0.621 bits per heavy atom. The third-order valence-corrected chi connectivity index (χ3v) is 7.85. The Kier molecular flexibility index (Phi) is 9.91. The predicted molar refractivity (Wildman–Crippen MR) is 126 cm³/mol. The van der Waals surface area contributed by atoms with Crippen molar-refractivity contribution in [3.05, 3.63) is 29.8 Å². The number of rotatable bonds is 11. The first-order valence-electron chi connectivity index (χ1n) is 13.0. The maximum absolute atomic E-state index is 5.70. The second kappa shape index (κ2) is 12.7. The van der Waals surface area contributed by atoms with E-state index in [0.29, 0.717) is 0 Å². The van der Waals surface area contributed by atoms with Gasteiger partial charge in [-0.2, -0.15) is 0 Å². The van der Waals surface area contributed by atoms with Gasteiger partial charge in [0.2, 0.25) is 0 Å². The summed E-state index contributed by atoms with van der Waals surface area (Å²) in [6, 6.07) is 8.84. The lowest BCUT2D eigenvalue weighted by atomic mass is 9.74. The Balaban J connectivity index is 1.27. The third kappa shape index (κ3) is 7.99. The van der Waals surface area contributed by atoms with Gasteiger partial charge in [0, 0.05) is 0 Å². The van der Waals surface area contributed by atoms with Gasteiger partial charge < -0.3 is 4.74 Å². The van der Waals surface area contributed by atoms with Crippen molar-refractivity contribution in [2.24, 2.45) is 23.7 Å². The molecule has 0 unspecified atom stereocenters. The van der Waals surface area contributed by atoms with Gasteiger partial charge in [-0.3, -0.25) is 0 Å². The second-order valence-electron chi connectivity index (χ2n) is 10.2. The Bertz CT molecular complexity index is 532. The van der Waals surface area contributed by atoms with Gasteiger partial charge in [-0.1, -0.05) is 103 Å². The van der Waals surface area contributed by atoms with Crippen molar-refractivity contribution in [2.45, 2.75) is 110 Å². The zero-order valence-electron chi connectivity index (χ0n) is 19.3. The van der Waals surface area contributed by atoms with Gasteiger partial charge in [0.1, 0.15) is 5.75 Å². The molecule has 1 heteroatoms. The fourth-order valence-electron chi connectivity index (χ4n) is 5.84. The van der Waals surface area contributed by atoms with Gasteiger partial charge in [0.15, 0.2) is 0 Å². The Hall–Kier alpha value is -0.980. The lowest BCUT2D eigenvalue weighted by Gasteiger charge is -2.32. The molecule has 0 atom stereocenters. The largest absolute Gasteiger partial charge is 0.494 e. The van der Waals surface area contributed by atoms with E-state index in [4.69, 9.17) is 4.74 Å². The summed E-state index contributed by atoms with van der Waals surface area (Å²) in [6.45, 7) is 5.33. The van der Waals surface area contributed by atoms with E-state index in [2.05, 4.69) is 38.1 Å². The minimum Gasteiger partial charge on any atom is -0.494 e. The lowest BCUT2D eigenvalue weighted by Crippen LogP contribution is -2.18. The first kappa shape index (κ1) is 22.7. The van der Waals surface area contributed by atoms with Gasteiger partial charge in [-0.15, -0.1) is 0 Å². The van der Waals surface area contributed by atoms with Gasteiger partial charge in [-0.05, 0) is 60.6 Å². The predicted octanol–water partition coefficient (Wildman–Crippen LogP) is 8.60. The summed E-state index contributed by atoms with van der Waals surface area (Å²) in [7, 11) is 0. The highest BCUT2D eigenvalue weighted by Crippen LogP contribution is 2.38. The van der Waals surface area contributed by atoms with Crippen LogP contribution in [0.1, 0.15) is 109 Å². The third-order valence-electron chi connectivity index (χ3n) is 7.85. The van der Waals surface area contributed by atoms with Gasteiger partial charge in [0.05, 0.1) is 6.61 Å².